The number of furan rings is 1. The standard InChI is InChI=1S/C20H19FN2O4S/c1-2-14-6-3-4-8-18(14)23-20(24)15-9-10-17(21)19(12-15)28(25,26)22-13-16-7-5-11-27-16/h3-12,22H,2,13H2,1H3,(H,23,24). The number of para-hydroxylation sites is 1. The first-order chi connectivity index (χ1) is 13.4. The highest BCUT2D eigenvalue weighted by atomic mass is 32.2. The number of aryl methyl sites for hydroxylation is 1. The second-order valence-electron chi connectivity index (χ2n) is 6.01. The van der Waals surface area contributed by atoms with Gasteiger partial charge in [-0.2, -0.15) is 0 Å². The molecule has 6 nitrogen and oxygen atoms in total. The van der Waals surface area contributed by atoms with Gasteiger partial charge in [0.1, 0.15) is 16.5 Å². The Bertz CT molecular complexity index is 1080. The SMILES string of the molecule is CCc1ccccc1NC(=O)c1ccc(F)c(S(=O)(=O)NCc2ccco2)c1. The van der Waals surface area contributed by atoms with Gasteiger partial charge in [-0.25, -0.2) is 17.5 Å². The summed E-state index contributed by atoms with van der Waals surface area (Å²) in [5.41, 5.74) is 1.59. The Morgan fingerprint density at radius 3 is 2.61 bits per heavy atom. The van der Waals surface area contributed by atoms with Crippen molar-refractivity contribution < 1.29 is 22.0 Å². The van der Waals surface area contributed by atoms with Gasteiger partial charge in [0.05, 0.1) is 12.8 Å². The minimum absolute atomic E-state index is 0.0330. The zero-order valence-electron chi connectivity index (χ0n) is 15.1. The number of nitrogens with one attached hydrogen (secondary N) is 2. The summed E-state index contributed by atoms with van der Waals surface area (Å²) >= 11 is 0. The Labute approximate surface area is 162 Å². The van der Waals surface area contributed by atoms with E-state index in [0.29, 0.717) is 11.4 Å². The van der Waals surface area contributed by atoms with Crippen LogP contribution >= 0.6 is 0 Å². The van der Waals surface area contributed by atoms with Crippen molar-refractivity contribution in [3.05, 3.63) is 83.6 Å². The van der Waals surface area contributed by atoms with Gasteiger partial charge < -0.3 is 9.73 Å². The summed E-state index contributed by atoms with van der Waals surface area (Å²) in [5, 5.41) is 2.74. The largest absolute Gasteiger partial charge is 0.468 e. The highest BCUT2D eigenvalue weighted by Crippen LogP contribution is 2.20. The van der Waals surface area contributed by atoms with E-state index in [-0.39, 0.29) is 12.1 Å². The van der Waals surface area contributed by atoms with E-state index in [4.69, 9.17) is 4.42 Å². The molecule has 0 bridgehead atoms. The number of sulfonamides is 1. The van der Waals surface area contributed by atoms with Gasteiger partial charge in [-0.3, -0.25) is 4.79 Å². The van der Waals surface area contributed by atoms with Gasteiger partial charge >= 0.3 is 0 Å². The van der Waals surface area contributed by atoms with Crippen LogP contribution in [0.3, 0.4) is 0 Å². The van der Waals surface area contributed by atoms with E-state index in [9.17, 15) is 17.6 Å². The third-order valence-electron chi connectivity index (χ3n) is 4.15. The van der Waals surface area contributed by atoms with Crippen molar-refractivity contribution in [2.24, 2.45) is 0 Å². The van der Waals surface area contributed by atoms with Gasteiger partial charge in [0.25, 0.3) is 5.91 Å². The second kappa shape index (κ2) is 8.37. The van der Waals surface area contributed by atoms with Gasteiger partial charge in [-0.1, -0.05) is 25.1 Å². The molecule has 0 fully saturated rings. The van der Waals surface area contributed by atoms with Crippen LogP contribution in [0.4, 0.5) is 10.1 Å². The topological polar surface area (TPSA) is 88.4 Å². The van der Waals surface area contributed by atoms with E-state index >= 15 is 0 Å². The Kier molecular flexibility index (Phi) is 5.91. The first-order valence-corrected chi connectivity index (χ1v) is 10.1. The predicted molar refractivity (Wildman–Crippen MR) is 103 cm³/mol. The number of carbonyl (C=O) groups excluding carboxylic acids is 1. The quantitative estimate of drug-likeness (QED) is 0.631. The van der Waals surface area contributed by atoms with E-state index in [1.807, 2.05) is 19.1 Å². The molecule has 0 aliphatic heterocycles. The highest BCUT2D eigenvalue weighted by Gasteiger charge is 2.21. The lowest BCUT2D eigenvalue weighted by atomic mass is 10.1. The van der Waals surface area contributed by atoms with Crippen LogP contribution in [0.1, 0.15) is 28.6 Å². The normalized spacial score (nSPS) is 11.4. The molecule has 8 heteroatoms. The second-order valence-corrected chi connectivity index (χ2v) is 7.75. The maximum absolute atomic E-state index is 14.2. The number of amides is 1. The van der Waals surface area contributed by atoms with Crippen LogP contribution in [-0.4, -0.2) is 14.3 Å². The molecular formula is C20H19FN2O4S. The van der Waals surface area contributed by atoms with E-state index in [0.717, 1.165) is 24.1 Å². The third-order valence-corrected chi connectivity index (χ3v) is 5.56. The van der Waals surface area contributed by atoms with Crippen LogP contribution in [0, 0.1) is 5.82 Å². The Hall–Kier alpha value is -2.97. The molecule has 3 rings (SSSR count). The van der Waals surface area contributed by atoms with Crippen LogP contribution in [0.15, 0.2) is 70.2 Å². The summed E-state index contributed by atoms with van der Waals surface area (Å²) in [6.45, 7) is 1.83. The third kappa shape index (κ3) is 4.47. The van der Waals surface area contributed by atoms with Crippen molar-refractivity contribution in [2.75, 3.05) is 5.32 Å². The molecule has 2 aromatic carbocycles. The average Bonchev–Trinajstić information content (AvgIpc) is 3.21. The molecule has 0 radical (unpaired) electrons. The van der Waals surface area contributed by atoms with E-state index < -0.39 is 26.6 Å². The average molecular weight is 402 g/mol. The van der Waals surface area contributed by atoms with Gasteiger partial charge in [-0.05, 0) is 48.4 Å². The van der Waals surface area contributed by atoms with Crippen molar-refractivity contribution in [3.8, 4) is 0 Å². The number of hydrogen-bond donors (Lipinski definition) is 2. The summed E-state index contributed by atoms with van der Waals surface area (Å²) in [6.07, 6.45) is 2.12. The fourth-order valence-electron chi connectivity index (χ4n) is 2.65. The first-order valence-electron chi connectivity index (χ1n) is 8.61. The molecule has 28 heavy (non-hydrogen) atoms. The van der Waals surface area contributed by atoms with Gasteiger partial charge in [0, 0.05) is 11.3 Å². The fourth-order valence-corrected chi connectivity index (χ4v) is 3.75. The molecule has 0 saturated carbocycles. The van der Waals surface area contributed by atoms with Crippen LogP contribution in [0.25, 0.3) is 0 Å². The number of halogens is 1. The predicted octanol–water partition coefficient (Wildman–Crippen LogP) is 3.71. The molecule has 1 heterocycles. The molecule has 0 spiro atoms. The van der Waals surface area contributed by atoms with Crippen molar-refractivity contribution in [1.29, 1.82) is 0 Å². The summed E-state index contributed by atoms with van der Waals surface area (Å²) in [7, 11) is -4.17. The molecule has 1 aromatic heterocycles. The Balaban J connectivity index is 1.83. The highest BCUT2D eigenvalue weighted by molar-refractivity contribution is 7.89. The van der Waals surface area contributed by atoms with Crippen LogP contribution < -0.4 is 10.0 Å². The van der Waals surface area contributed by atoms with Crippen molar-refractivity contribution in [3.63, 3.8) is 0 Å². The zero-order chi connectivity index (χ0) is 20.1. The number of anilines is 1. The number of hydrogen-bond acceptors (Lipinski definition) is 4. The minimum Gasteiger partial charge on any atom is -0.468 e. The Morgan fingerprint density at radius 2 is 1.89 bits per heavy atom. The maximum Gasteiger partial charge on any atom is 0.255 e. The van der Waals surface area contributed by atoms with Crippen LogP contribution in [0.2, 0.25) is 0 Å². The maximum atomic E-state index is 14.2. The lowest BCUT2D eigenvalue weighted by Gasteiger charge is -2.11. The van der Waals surface area contributed by atoms with Crippen molar-refractivity contribution in [2.45, 2.75) is 24.8 Å². The fraction of sp³-hybridized carbons (Fsp3) is 0.150. The zero-order valence-corrected chi connectivity index (χ0v) is 15.9. The summed E-state index contributed by atoms with van der Waals surface area (Å²) in [4.78, 5) is 12.0. The van der Waals surface area contributed by atoms with Crippen LogP contribution in [-0.2, 0) is 23.0 Å². The van der Waals surface area contributed by atoms with Crippen molar-refractivity contribution in [1.82, 2.24) is 4.72 Å². The molecular weight excluding hydrogens is 383 g/mol. The minimum atomic E-state index is -4.17. The molecule has 0 aliphatic rings. The molecule has 146 valence electrons. The van der Waals surface area contributed by atoms with Gasteiger partial charge in [0.2, 0.25) is 10.0 Å². The lowest BCUT2D eigenvalue weighted by molar-refractivity contribution is 0.102. The van der Waals surface area contributed by atoms with E-state index in [1.54, 1.807) is 24.3 Å². The molecule has 0 aliphatic carbocycles. The lowest BCUT2D eigenvalue weighted by Crippen LogP contribution is -2.24. The summed E-state index contributed by atoms with van der Waals surface area (Å²) in [5.74, 6) is -1.09. The first kappa shape index (κ1) is 19.8. The number of benzene rings is 2. The molecule has 0 unspecified atom stereocenters. The van der Waals surface area contributed by atoms with Crippen LogP contribution in [0.5, 0.6) is 0 Å². The molecule has 0 saturated heterocycles. The monoisotopic (exact) mass is 402 g/mol. The molecule has 3 aromatic rings. The van der Waals surface area contributed by atoms with Gasteiger partial charge in [-0.15, -0.1) is 0 Å². The van der Waals surface area contributed by atoms with E-state index in [2.05, 4.69) is 10.0 Å². The molecule has 0 atom stereocenters. The number of rotatable bonds is 7. The van der Waals surface area contributed by atoms with Crippen molar-refractivity contribution >= 4 is 21.6 Å². The smallest absolute Gasteiger partial charge is 0.255 e. The molecule has 2 N–H and O–H groups in total. The summed E-state index contributed by atoms with van der Waals surface area (Å²) < 4.78 is 46.4. The van der Waals surface area contributed by atoms with Gasteiger partial charge in [0.15, 0.2) is 0 Å². The number of carbonyl (C=O) groups is 1. The van der Waals surface area contributed by atoms with E-state index in [1.165, 1.54) is 12.3 Å². The Morgan fingerprint density at radius 1 is 1.11 bits per heavy atom. The molecule has 1 amide bonds. The summed E-state index contributed by atoms with van der Waals surface area (Å²) in [6, 6.07) is 13.7.